The minimum Gasteiger partial charge on any atom is -0.495 e. The minimum absolute atomic E-state index is 0.00709. The average molecular weight is 599 g/mol. The summed E-state index contributed by atoms with van der Waals surface area (Å²) in [7, 11) is 3.10. The molecule has 0 spiro atoms. The van der Waals surface area contributed by atoms with E-state index in [0.717, 1.165) is 54.8 Å². The number of carbonyl (C=O) groups excluding carboxylic acids is 1. The normalized spacial score (nSPS) is 14.0. The number of carbonyl (C=O) groups is 1. The number of aryl methyl sites for hydroxylation is 1. The molecule has 0 saturated carbocycles. The molecule has 1 aromatic carbocycles. The van der Waals surface area contributed by atoms with Crippen molar-refractivity contribution in [3.63, 3.8) is 0 Å². The smallest absolute Gasteiger partial charge is 0.246 e. The Morgan fingerprint density at radius 2 is 1.78 bits per heavy atom. The third-order valence-corrected chi connectivity index (χ3v) is 8.01. The van der Waals surface area contributed by atoms with Crippen LogP contribution >= 0.6 is 23.2 Å². The standard InChI is InChI=1S/C29H33Cl2N7O3/c1-5-23(39)37-12-10-36(11-13-37)9-7-8-19-17-38-27-18(16-33-29(35-27)32-6-2)14-20(28(38)34-19)24-25(30)21(40-3)15-22(41-4)26(24)31/h5,14-17H,1,6-13H2,2-4H3,(H,32,33,35). The topological polar surface area (TPSA) is 97.1 Å². The first-order valence-corrected chi connectivity index (χ1v) is 14.3. The molecule has 3 aromatic heterocycles. The Hall–Kier alpha value is -3.60. The van der Waals surface area contributed by atoms with Crippen LogP contribution < -0.4 is 14.8 Å². The van der Waals surface area contributed by atoms with Gasteiger partial charge in [0.05, 0.1) is 30.0 Å². The van der Waals surface area contributed by atoms with Crippen molar-refractivity contribution in [2.75, 3.05) is 58.8 Å². The molecule has 0 aliphatic carbocycles. The monoisotopic (exact) mass is 597 g/mol. The highest BCUT2D eigenvalue weighted by Crippen LogP contribution is 2.47. The number of ether oxygens (including phenoxy) is 2. The maximum absolute atomic E-state index is 11.9. The predicted molar refractivity (Wildman–Crippen MR) is 163 cm³/mol. The zero-order valence-electron chi connectivity index (χ0n) is 23.4. The number of nitrogens with zero attached hydrogens (tertiary/aromatic N) is 6. The molecule has 1 aliphatic rings. The number of amides is 1. The third-order valence-electron chi connectivity index (χ3n) is 7.26. The molecule has 12 heteroatoms. The van der Waals surface area contributed by atoms with E-state index in [4.69, 9.17) is 42.6 Å². The number of fused-ring (bicyclic) bond motifs is 3. The minimum atomic E-state index is -0.00709. The van der Waals surface area contributed by atoms with E-state index >= 15 is 0 Å². The second-order valence-electron chi connectivity index (χ2n) is 9.75. The summed E-state index contributed by atoms with van der Waals surface area (Å²) in [5.74, 6) is 1.42. The van der Waals surface area contributed by atoms with E-state index in [1.807, 2.05) is 28.5 Å². The lowest BCUT2D eigenvalue weighted by atomic mass is 10.0. The molecule has 0 atom stereocenters. The number of pyridine rings is 1. The SMILES string of the molecule is C=CC(=O)N1CCN(CCCc2cn3c(n2)c(-c2c(Cl)c(OC)cc(OC)c2Cl)cc2cnc(NCC)nc23)CC1. The van der Waals surface area contributed by atoms with Gasteiger partial charge >= 0.3 is 0 Å². The fourth-order valence-electron chi connectivity index (χ4n) is 5.15. The number of imidazole rings is 1. The van der Waals surface area contributed by atoms with Crippen molar-refractivity contribution in [3.8, 4) is 22.6 Å². The summed E-state index contributed by atoms with van der Waals surface area (Å²) in [5.41, 5.74) is 3.60. The number of nitrogens with one attached hydrogen (secondary N) is 1. The molecule has 0 bridgehead atoms. The molecular weight excluding hydrogens is 565 g/mol. The predicted octanol–water partition coefficient (Wildman–Crippen LogP) is 4.96. The van der Waals surface area contributed by atoms with Gasteiger partial charge in [-0.15, -0.1) is 0 Å². The summed E-state index contributed by atoms with van der Waals surface area (Å²) >= 11 is 13.7. The van der Waals surface area contributed by atoms with Crippen molar-refractivity contribution in [2.45, 2.75) is 19.8 Å². The van der Waals surface area contributed by atoms with Gasteiger partial charge in [0.1, 0.15) is 17.1 Å². The molecule has 0 radical (unpaired) electrons. The Morgan fingerprint density at radius 3 is 2.41 bits per heavy atom. The van der Waals surface area contributed by atoms with Crippen LogP contribution in [0.1, 0.15) is 19.0 Å². The molecule has 0 unspecified atom stereocenters. The van der Waals surface area contributed by atoms with Crippen LogP contribution in [0.4, 0.5) is 5.95 Å². The van der Waals surface area contributed by atoms with E-state index in [1.54, 1.807) is 26.5 Å². The van der Waals surface area contributed by atoms with Gasteiger partial charge in [-0.1, -0.05) is 29.8 Å². The first-order chi connectivity index (χ1) is 19.9. The number of methoxy groups -OCH3 is 2. The number of rotatable bonds is 10. The molecule has 10 nitrogen and oxygen atoms in total. The molecule has 5 rings (SSSR count). The van der Waals surface area contributed by atoms with Crippen LogP contribution in [-0.2, 0) is 11.2 Å². The first kappa shape index (κ1) is 28.9. The van der Waals surface area contributed by atoms with Crippen molar-refractivity contribution in [3.05, 3.63) is 52.9 Å². The van der Waals surface area contributed by atoms with Gasteiger partial charge in [0.15, 0.2) is 5.65 Å². The van der Waals surface area contributed by atoms with Gasteiger partial charge in [-0.25, -0.2) is 9.97 Å². The van der Waals surface area contributed by atoms with Crippen molar-refractivity contribution >= 4 is 51.7 Å². The highest BCUT2D eigenvalue weighted by Gasteiger charge is 2.24. The van der Waals surface area contributed by atoms with E-state index in [0.29, 0.717) is 58.3 Å². The van der Waals surface area contributed by atoms with Gasteiger partial charge in [-0.2, -0.15) is 4.98 Å². The van der Waals surface area contributed by atoms with E-state index in [9.17, 15) is 4.79 Å². The lowest BCUT2D eigenvalue weighted by molar-refractivity contribution is -0.127. The van der Waals surface area contributed by atoms with E-state index in [2.05, 4.69) is 21.8 Å². The molecule has 41 heavy (non-hydrogen) atoms. The molecule has 1 amide bonds. The van der Waals surface area contributed by atoms with Crippen LogP contribution in [0.2, 0.25) is 10.0 Å². The Labute approximate surface area is 248 Å². The van der Waals surface area contributed by atoms with Crippen LogP contribution in [0.5, 0.6) is 11.5 Å². The highest BCUT2D eigenvalue weighted by molar-refractivity contribution is 6.41. The zero-order chi connectivity index (χ0) is 29.1. The van der Waals surface area contributed by atoms with Crippen molar-refractivity contribution < 1.29 is 14.3 Å². The molecule has 4 heterocycles. The van der Waals surface area contributed by atoms with Crippen LogP contribution in [0.3, 0.4) is 0 Å². The Balaban J connectivity index is 1.51. The molecular formula is C29H33Cl2N7O3. The summed E-state index contributed by atoms with van der Waals surface area (Å²) in [6.07, 6.45) is 6.86. The van der Waals surface area contributed by atoms with Gasteiger partial charge in [0.2, 0.25) is 11.9 Å². The molecule has 1 N–H and O–H groups in total. The largest absolute Gasteiger partial charge is 0.495 e. The average Bonchev–Trinajstić information content (AvgIpc) is 3.42. The maximum Gasteiger partial charge on any atom is 0.246 e. The maximum atomic E-state index is 11.9. The van der Waals surface area contributed by atoms with Gasteiger partial charge in [-0.05, 0) is 38.5 Å². The lowest BCUT2D eigenvalue weighted by Crippen LogP contribution is -2.48. The third kappa shape index (κ3) is 5.77. The van der Waals surface area contributed by atoms with Crippen molar-refractivity contribution in [2.24, 2.45) is 0 Å². The number of piperazine rings is 1. The molecule has 4 aromatic rings. The van der Waals surface area contributed by atoms with Crippen LogP contribution in [-0.4, -0.2) is 88.5 Å². The molecule has 216 valence electrons. The van der Waals surface area contributed by atoms with Gasteiger partial charge in [0, 0.05) is 67.7 Å². The second-order valence-corrected chi connectivity index (χ2v) is 10.5. The second kappa shape index (κ2) is 12.5. The van der Waals surface area contributed by atoms with E-state index in [-0.39, 0.29) is 5.91 Å². The quantitative estimate of drug-likeness (QED) is 0.256. The van der Waals surface area contributed by atoms with Gasteiger partial charge < -0.3 is 19.7 Å². The number of benzene rings is 1. The van der Waals surface area contributed by atoms with E-state index in [1.165, 1.54) is 6.08 Å². The number of hydrogen-bond donors (Lipinski definition) is 1. The summed E-state index contributed by atoms with van der Waals surface area (Å²) in [6, 6.07) is 3.62. The summed E-state index contributed by atoms with van der Waals surface area (Å²) < 4.78 is 13.0. The van der Waals surface area contributed by atoms with Gasteiger partial charge in [-0.3, -0.25) is 14.1 Å². The molecule has 1 fully saturated rings. The lowest BCUT2D eigenvalue weighted by Gasteiger charge is -2.34. The van der Waals surface area contributed by atoms with E-state index < -0.39 is 0 Å². The van der Waals surface area contributed by atoms with Crippen molar-refractivity contribution in [1.29, 1.82) is 0 Å². The molecule has 1 saturated heterocycles. The van der Waals surface area contributed by atoms with Crippen LogP contribution in [0.15, 0.2) is 37.2 Å². The van der Waals surface area contributed by atoms with Crippen LogP contribution in [0, 0.1) is 0 Å². The fourth-order valence-corrected chi connectivity index (χ4v) is 5.86. The highest BCUT2D eigenvalue weighted by atomic mass is 35.5. The van der Waals surface area contributed by atoms with Gasteiger partial charge in [0.25, 0.3) is 0 Å². The number of aromatic nitrogens is 4. The number of anilines is 1. The first-order valence-electron chi connectivity index (χ1n) is 13.5. The Bertz CT molecular complexity index is 1570. The summed E-state index contributed by atoms with van der Waals surface area (Å²) in [6.45, 7) is 10.3. The number of halogens is 2. The fraction of sp³-hybridized carbons (Fsp3) is 0.379. The Morgan fingerprint density at radius 1 is 1.07 bits per heavy atom. The van der Waals surface area contributed by atoms with Crippen LogP contribution in [0.25, 0.3) is 27.8 Å². The summed E-state index contributed by atoms with van der Waals surface area (Å²) in [5, 5.41) is 4.72. The zero-order valence-corrected chi connectivity index (χ0v) is 24.9. The molecule has 1 aliphatic heterocycles. The number of hydrogen-bond acceptors (Lipinski definition) is 8. The Kier molecular flexibility index (Phi) is 8.82. The summed E-state index contributed by atoms with van der Waals surface area (Å²) in [4.78, 5) is 30.4. The van der Waals surface area contributed by atoms with Crippen molar-refractivity contribution in [1.82, 2.24) is 29.2 Å².